The van der Waals surface area contributed by atoms with Crippen molar-refractivity contribution in [3.05, 3.63) is 101 Å². The molecule has 0 aromatic heterocycles. The maximum Gasteiger partial charge on any atom is 0.234 e. The number of benzene rings is 3. The van der Waals surface area contributed by atoms with E-state index in [4.69, 9.17) is 0 Å². The van der Waals surface area contributed by atoms with Crippen LogP contribution in [0, 0.1) is 0 Å². The van der Waals surface area contributed by atoms with Crippen LogP contribution in [0.25, 0.3) is 5.76 Å². The van der Waals surface area contributed by atoms with Crippen molar-refractivity contribution in [1.29, 1.82) is 0 Å². The Morgan fingerprint density at radius 3 is 1.90 bits per heavy atom. The fraction of sp³-hybridized carbons (Fsp3) is 0.120. The smallest absolute Gasteiger partial charge is 0.234 e. The van der Waals surface area contributed by atoms with Crippen LogP contribution >= 0.6 is 0 Å². The highest BCUT2D eigenvalue weighted by Gasteiger charge is 2.31. The molecular weight excluding hydrogens is 412 g/mol. The minimum atomic E-state index is -3.57. The molecule has 0 aliphatic heterocycles. The van der Waals surface area contributed by atoms with E-state index in [1.54, 1.807) is 72.8 Å². The number of carbonyl (C=O) groups excluding carboxylic acids is 2. The number of aryl methyl sites for hydroxylation is 1. The first-order valence-corrected chi connectivity index (χ1v) is 11.4. The third kappa shape index (κ3) is 3.94. The Morgan fingerprint density at radius 2 is 1.23 bits per heavy atom. The van der Waals surface area contributed by atoms with Gasteiger partial charge in [-0.05, 0) is 49.1 Å². The van der Waals surface area contributed by atoms with E-state index in [9.17, 15) is 23.1 Å². The largest absolute Gasteiger partial charge is 0.507 e. The summed E-state index contributed by atoms with van der Waals surface area (Å²) in [6.07, 6.45) is 1.37. The molecule has 0 unspecified atom stereocenters. The van der Waals surface area contributed by atoms with Crippen molar-refractivity contribution in [2.24, 2.45) is 0 Å². The molecule has 5 nitrogen and oxygen atoms in total. The zero-order valence-electron chi connectivity index (χ0n) is 16.6. The Hall–Kier alpha value is -3.51. The number of rotatable bonds is 6. The second kappa shape index (κ2) is 8.32. The summed E-state index contributed by atoms with van der Waals surface area (Å²) in [7, 11) is -3.57. The summed E-state index contributed by atoms with van der Waals surface area (Å²) < 4.78 is 25.3. The number of ketones is 2. The molecule has 3 aromatic rings. The molecule has 4 rings (SSSR count). The Kier molecular flexibility index (Phi) is 5.57. The number of carbonyl (C=O) groups is 2. The van der Waals surface area contributed by atoms with Gasteiger partial charge < -0.3 is 5.11 Å². The molecule has 156 valence electrons. The Bertz CT molecular complexity index is 1290. The van der Waals surface area contributed by atoms with Crippen molar-refractivity contribution < 1.29 is 23.1 Å². The summed E-state index contributed by atoms with van der Waals surface area (Å²) in [5, 5.41) is 10.5. The summed E-state index contributed by atoms with van der Waals surface area (Å²) in [6.45, 7) is 0. The summed E-state index contributed by atoms with van der Waals surface area (Å²) in [6, 6.07) is 21.4. The lowest BCUT2D eigenvalue weighted by atomic mass is 9.86. The quantitative estimate of drug-likeness (QED) is 0.576. The lowest BCUT2D eigenvalue weighted by Crippen LogP contribution is -2.24. The monoisotopic (exact) mass is 432 g/mol. The van der Waals surface area contributed by atoms with Crippen molar-refractivity contribution in [1.82, 2.24) is 0 Å². The highest BCUT2D eigenvalue weighted by atomic mass is 32.2. The molecule has 1 aliphatic rings. The number of aliphatic hydroxyl groups is 1. The highest BCUT2D eigenvalue weighted by molar-refractivity contribution is 7.91. The molecule has 1 aliphatic carbocycles. The van der Waals surface area contributed by atoms with Gasteiger partial charge in [-0.25, -0.2) is 8.42 Å². The zero-order valence-corrected chi connectivity index (χ0v) is 17.4. The van der Waals surface area contributed by atoms with E-state index in [0.29, 0.717) is 18.4 Å². The van der Waals surface area contributed by atoms with Gasteiger partial charge >= 0.3 is 0 Å². The normalized spacial score (nSPS) is 13.9. The summed E-state index contributed by atoms with van der Waals surface area (Å²) in [4.78, 5) is 25.2. The van der Waals surface area contributed by atoms with E-state index in [1.165, 1.54) is 6.07 Å². The van der Waals surface area contributed by atoms with Crippen molar-refractivity contribution in [2.75, 3.05) is 0 Å². The van der Waals surface area contributed by atoms with Crippen LogP contribution in [0.4, 0.5) is 0 Å². The van der Waals surface area contributed by atoms with Gasteiger partial charge in [-0.1, -0.05) is 54.6 Å². The fourth-order valence-corrected chi connectivity index (χ4v) is 4.97. The third-order valence-corrected chi connectivity index (χ3v) is 7.16. The molecule has 0 amide bonds. The third-order valence-electron chi connectivity index (χ3n) is 5.37. The molecule has 0 spiro atoms. The van der Waals surface area contributed by atoms with Crippen LogP contribution in [-0.4, -0.2) is 25.1 Å². The number of hydrogen-bond donors (Lipinski definition) is 1. The van der Waals surface area contributed by atoms with E-state index in [-0.39, 0.29) is 33.1 Å². The number of sulfone groups is 1. The van der Waals surface area contributed by atoms with Crippen molar-refractivity contribution >= 4 is 27.2 Å². The molecule has 31 heavy (non-hydrogen) atoms. The lowest BCUT2D eigenvalue weighted by Gasteiger charge is -2.17. The molecule has 6 heteroatoms. The van der Waals surface area contributed by atoms with E-state index in [0.717, 1.165) is 5.56 Å². The molecule has 0 atom stereocenters. The minimum Gasteiger partial charge on any atom is -0.507 e. The van der Waals surface area contributed by atoms with Crippen LogP contribution in [0.3, 0.4) is 0 Å². The summed E-state index contributed by atoms with van der Waals surface area (Å²) >= 11 is 0. The van der Waals surface area contributed by atoms with Crippen LogP contribution in [0.15, 0.2) is 94.2 Å². The fourth-order valence-electron chi connectivity index (χ4n) is 3.69. The number of allylic oxidation sites excluding steroid dienone is 1. The average Bonchev–Trinajstić information content (AvgIpc) is 2.81. The number of Topliss-reactive ketones (excluding diaryl/α,β-unsaturated/α-hetero) is 2. The molecule has 3 aromatic carbocycles. The predicted molar refractivity (Wildman–Crippen MR) is 117 cm³/mol. The zero-order chi connectivity index (χ0) is 22.0. The second-order valence-electron chi connectivity index (χ2n) is 7.34. The van der Waals surface area contributed by atoms with Gasteiger partial charge in [0.1, 0.15) is 5.76 Å². The number of fused-ring (bicyclic) bond motifs is 1. The Balaban J connectivity index is 1.46. The van der Waals surface area contributed by atoms with Crippen LogP contribution in [-0.2, 0) is 21.1 Å². The molecule has 0 saturated carbocycles. The van der Waals surface area contributed by atoms with E-state index >= 15 is 0 Å². The van der Waals surface area contributed by atoms with Crippen molar-refractivity contribution in [2.45, 2.75) is 29.1 Å². The Morgan fingerprint density at radius 1 is 0.645 bits per heavy atom. The standard InChI is InChI=1S/C25H20O5S/c26-23-20-10-4-5-11-21(20)24(27)25(28)22(23)12-6-7-17-13-15-19(16-14-17)31(29,30)18-8-2-1-3-9-18/h1-5,8-11,13-16,26H,6-7,12H2. The van der Waals surface area contributed by atoms with Gasteiger partial charge in [0.25, 0.3) is 0 Å². The number of aliphatic hydroxyl groups excluding tert-OH is 1. The molecule has 0 bridgehead atoms. The van der Waals surface area contributed by atoms with E-state index in [1.807, 2.05) is 0 Å². The summed E-state index contributed by atoms with van der Waals surface area (Å²) in [5.74, 6) is -1.40. The van der Waals surface area contributed by atoms with Gasteiger partial charge in [-0.15, -0.1) is 0 Å². The van der Waals surface area contributed by atoms with E-state index < -0.39 is 21.4 Å². The van der Waals surface area contributed by atoms with Crippen LogP contribution in [0.2, 0.25) is 0 Å². The Labute approximate surface area is 180 Å². The molecular formula is C25H20O5S. The first-order chi connectivity index (χ1) is 14.9. The van der Waals surface area contributed by atoms with Gasteiger partial charge in [-0.2, -0.15) is 0 Å². The molecule has 0 radical (unpaired) electrons. The second-order valence-corrected chi connectivity index (χ2v) is 9.29. The molecule has 1 N–H and O–H groups in total. The van der Waals surface area contributed by atoms with Gasteiger partial charge in [0.15, 0.2) is 0 Å². The molecule has 0 saturated heterocycles. The van der Waals surface area contributed by atoms with Crippen LogP contribution < -0.4 is 0 Å². The van der Waals surface area contributed by atoms with Gasteiger partial charge in [0.05, 0.1) is 9.79 Å². The van der Waals surface area contributed by atoms with E-state index in [2.05, 4.69) is 0 Å². The maximum atomic E-state index is 12.7. The average molecular weight is 432 g/mol. The lowest BCUT2D eigenvalue weighted by molar-refractivity contribution is -0.112. The van der Waals surface area contributed by atoms with Gasteiger partial charge in [0, 0.05) is 16.7 Å². The SMILES string of the molecule is O=C1C(=O)c2ccccc2C(O)=C1CCCc1ccc(S(=O)(=O)c2ccccc2)cc1. The van der Waals surface area contributed by atoms with Crippen molar-refractivity contribution in [3.63, 3.8) is 0 Å². The minimum absolute atomic E-state index is 0.131. The first-order valence-electron chi connectivity index (χ1n) is 9.89. The maximum absolute atomic E-state index is 12.7. The topological polar surface area (TPSA) is 88.5 Å². The van der Waals surface area contributed by atoms with Gasteiger partial charge in [0.2, 0.25) is 21.4 Å². The van der Waals surface area contributed by atoms with Crippen LogP contribution in [0.1, 0.15) is 34.3 Å². The molecule has 0 heterocycles. The van der Waals surface area contributed by atoms with Crippen LogP contribution in [0.5, 0.6) is 0 Å². The van der Waals surface area contributed by atoms with Gasteiger partial charge in [-0.3, -0.25) is 9.59 Å². The van der Waals surface area contributed by atoms with Crippen molar-refractivity contribution in [3.8, 4) is 0 Å². The number of hydrogen-bond acceptors (Lipinski definition) is 5. The molecule has 0 fully saturated rings. The predicted octanol–water partition coefficient (Wildman–Crippen LogP) is 4.58. The highest BCUT2D eigenvalue weighted by Crippen LogP contribution is 2.30. The summed E-state index contributed by atoms with van der Waals surface area (Å²) in [5.41, 5.74) is 1.65. The first kappa shape index (κ1) is 20.8.